The van der Waals surface area contributed by atoms with Crippen molar-refractivity contribution in [1.82, 2.24) is 0 Å². The topological polar surface area (TPSA) is 66.8 Å². The molecule has 16 heavy (non-hydrogen) atoms. The summed E-state index contributed by atoms with van der Waals surface area (Å²) in [5.74, 6) is 0. The van der Waals surface area contributed by atoms with Gasteiger partial charge in [-0.25, -0.2) is 4.57 Å². The average Bonchev–Trinajstić information content (AvgIpc) is 2.15. The van der Waals surface area contributed by atoms with Crippen LogP contribution in [0.3, 0.4) is 0 Å². The molecule has 0 heterocycles. The molecule has 2 N–H and O–H groups in total. The predicted octanol–water partition coefficient (Wildman–Crippen LogP) is 2.85. The van der Waals surface area contributed by atoms with E-state index in [1.165, 1.54) is 0 Å². The second kappa shape index (κ2) is 9.09. The first kappa shape index (κ1) is 19.4. The van der Waals surface area contributed by atoms with Crippen LogP contribution in [0.5, 0.6) is 0 Å². The molecule has 0 amide bonds. The maximum absolute atomic E-state index is 10.9. The first-order valence-electron chi connectivity index (χ1n) is 5.65. The normalized spacial score (nSPS) is 12.3. The fraction of sp³-hybridized carbons (Fsp3) is 1.00. The van der Waals surface area contributed by atoms with Crippen LogP contribution in [0.2, 0.25) is 0 Å². The second-order valence-corrected chi connectivity index (χ2v) is 5.09. The van der Waals surface area contributed by atoms with Gasteiger partial charge in [0.15, 0.2) is 0 Å². The van der Waals surface area contributed by atoms with Crippen LogP contribution in [0, 0.1) is 0 Å². The predicted molar refractivity (Wildman–Crippen MR) is 66.3 cm³/mol. The molecule has 0 unspecified atom stereocenters. The van der Waals surface area contributed by atoms with E-state index in [1.54, 1.807) is 0 Å². The molecule has 0 rings (SSSR count). The van der Waals surface area contributed by atoms with Gasteiger partial charge in [-0.1, -0.05) is 40.0 Å². The molecule has 0 aromatic heterocycles. The summed E-state index contributed by atoms with van der Waals surface area (Å²) in [6.45, 7) is 5.92. The number of unbranched alkanes of at least 4 members (excludes halogenated alkanes) is 2. The Bertz CT molecular complexity index is 213. The first-order chi connectivity index (χ1) is 6.89. The molecule has 0 aliphatic rings. The molecule has 0 bridgehead atoms. The average molecular weight is 261 g/mol. The number of phosphoric ester groups is 1. The molecule has 0 atom stereocenters. The number of hydrogen-bond acceptors (Lipinski definition) is 2. The smallest absolute Gasteiger partial charge is 0.303 e. The molecular weight excluding hydrogens is 238 g/mol. The summed E-state index contributed by atoms with van der Waals surface area (Å²) in [5, 5.41) is 0. The van der Waals surface area contributed by atoms with E-state index in [1.807, 2.05) is 13.8 Å². The fourth-order valence-corrected chi connectivity index (χ4v) is 2.58. The maximum Gasteiger partial charge on any atom is 0.470 e. The molecule has 93 valence electrons. The monoisotopic (exact) mass is 261 g/mol. The SMILES string of the molecule is CCCCCC(CC)(CC)OP(=O)(O)O.[Na]. The van der Waals surface area contributed by atoms with Crippen LogP contribution in [0.1, 0.15) is 59.3 Å². The van der Waals surface area contributed by atoms with E-state index in [9.17, 15) is 4.57 Å². The van der Waals surface area contributed by atoms with E-state index in [4.69, 9.17) is 14.3 Å². The van der Waals surface area contributed by atoms with Crippen LogP contribution in [-0.4, -0.2) is 44.9 Å². The van der Waals surface area contributed by atoms with E-state index in [0.717, 1.165) is 25.7 Å². The summed E-state index contributed by atoms with van der Waals surface area (Å²) in [6.07, 6.45) is 5.12. The zero-order valence-electron chi connectivity index (χ0n) is 10.9. The van der Waals surface area contributed by atoms with Crippen LogP contribution >= 0.6 is 7.82 Å². The van der Waals surface area contributed by atoms with Gasteiger partial charge in [0, 0.05) is 29.6 Å². The van der Waals surface area contributed by atoms with Gasteiger partial charge in [0.1, 0.15) is 0 Å². The zero-order valence-corrected chi connectivity index (χ0v) is 13.8. The molecule has 0 saturated heterocycles. The van der Waals surface area contributed by atoms with E-state index in [-0.39, 0.29) is 29.6 Å². The summed E-state index contributed by atoms with van der Waals surface area (Å²) in [5.41, 5.74) is -0.645. The Morgan fingerprint density at radius 2 is 1.62 bits per heavy atom. The Balaban J connectivity index is 0. The third-order valence-corrected chi connectivity index (χ3v) is 3.46. The Kier molecular flexibility index (Phi) is 11.1. The van der Waals surface area contributed by atoms with Crippen LogP contribution in [0.25, 0.3) is 0 Å². The molecule has 6 heteroatoms. The van der Waals surface area contributed by atoms with Gasteiger partial charge in [0.2, 0.25) is 0 Å². The van der Waals surface area contributed by atoms with Gasteiger partial charge >= 0.3 is 7.82 Å². The minimum absolute atomic E-state index is 0. The molecule has 0 aliphatic carbocycles. The summed E-state index contributed by atoms with van der Waals surface area (Å²) in [6, 6.07) is 0. The van der Waals surface area contributed by atoms with Crippen molar-refractivity contribution in [2.24, 2.45) is 0 Å². The van der Waals surface area contributed by atoms with Crippen molar-refractivity contribution in [2.45, 2.75) is 64.9 Å². The van der Waals surface area contributed by atoms with E-state index >= 15 is 0 Å². The van der Waals surface area contributed by atoms with E-state index in [0.29, 0.717) is 12.8 Å². The minimum atomic E-state index is -4.37. The Labute approximate surface area is 121 Å². The molecule has 0 fully saturated rings. The maximum atomic E-state index is 10.9. The molecule has 0 spiro atoms. The fourth-order valence-electron chi connectivity index (χ4n) is 1.73. The molecule has 0 aromatic carbocycles. The van der Waals surface area contributed by atoms with Gasteiger partial charge < -0.3 is 9.79 Å². The number of phosphoric acid groups is 1. The Morgan fingerprint density at radius 3 is 1.94 bits per heavy atom. The molecule has 4 nitrogen and oxygen atoms in total. The number of hydrogen-bond donors (Lipinski definition) is 2. The molecule has 1 radical (unpaired) electrons. The molecule has 0 aromatic rings. The third-order valence-electron chi connectivity index (χ3n) is 2.84. The van der Waals surface area contributed by atoms with Crippen molar-refractivity contribution in [2.75, 3.05) is 0 Å². The second-order valence-electron chi connectivity index (χ2n) is 3.93. The quantitative estimate of drug-likeness (QED) is 0.400. The van der Waals surface area contributed by atoms with Gasteiger partial charge in [-0.3, -0.25) is 4.52 Å². The summed E-state index contributed by atoms with van der Waals surface area (Å²) >= 11 is 0. The van der Waals surface area contributed by atoms with E-state index in [2.05, 4.69) is 6.92 Å². The summed E-state index contributed by atoms with van der Waals surface area (Å²) < 4.78 is 15.8. The van der Waals surface area contributed by atoms with Crippen LogP contribution in [0.15, 0.2) is 0 Å². The summed E-state index contributed by atoms with van der Waals surface area (Å²) in [4.78, 5) is 17.7. The first-order valence-corrected chi connectivity index (χ1v) is 7.18. The van der Waals surface area contributed by atoms with Gasteiger partial charge in [-0.15, -0.1) is 0 Å². The van der Waals surface area contributed by atoms with Crippen molar-refractivity contribution in [1.29, 1.82) is 0 Å². The molecule has 0 aliphatic heterocycles. The van der Waals surface area contributed by atoms with Crippen LogP contribution in [-0.2, 0) is 9.09 Å². The van der Waals surface area contributed by atoms with Crippen molar-refractivity contribution < 1.29 is 18.9 Å². The van der Waals surface area contributed by atoms with Crippen molar-refractivity contribution >= 4 is 37.4 Å². The van der Waals surface area contributed by atoms with Crippen molar-refractivity contribution in [3.8, 4) is 0 Å². The van der Waals surface area contributed by atoms with Gasteiger partial charge in [0.25, 0.3) is 0 Å². The largest absolute Gasteiger partial charge is 0.470 e. The summed E-state index contributed by atoms with van der Waals surface area (Å²) in [7, 11) is -4.37. The van der Waals surface area contributed by atoms with Crippen molar-refractivity contribution in [3.63, 3.8) is 0 Å². The van der Waals surface area contributed by atoms with Crippen LogP contribution in [0.4, 0.5) is 0 Å². The van der Waals surface area contributed by atoms with E-state index < -0.39 is 13.4 Å². The third kappa shape index (κ3) is 8.24. The number of rotatable bonds is 8. The van der Waals surface area contributed by atoms with Crippen molar-refractivity contribution in [3.05, 3.63) is 0 Å². The zero-order chi connectivity index (χ0) is 11.9. The van der Waals surface area contributed by atoms with Gasteiger partial charge in [-0.2, -0.15) is 0 Å². The molecular formula is C10H23NaO4P. The van der Waals surface area contributed by atoms with Gasteiger partial charge in [-0.05, 0) is 19.3 Å². The van der Waals surface area contributed by atoms with Crippen LogP contribution < -0.4 is 0 Å². The van der Waals surface area contributed by atoms with Gasteiger partial charge in [0.05, 0.1) is 5.60 Å². The minimum Gasteiger partial charge on any atom is -0.303 e. The standard InChI is InChI=1S/C10H23O4P.Na/c1-4-7-8-9-10(5-2,6-3)14-15(11,12)13;/h4-9H2,1-3H3,(H2,11,12,13);. The Morgan fingerprint density at radius 1 is 1.12 bits per heavy atom. The molecule has 0 saturated carbocycles. The Hall–Kier alpha value is 1.11.